The van der Waals surface area contributed by atoms with E-state index in [2.05, 4.69) is 0 Å². The molecular weight excluding hydrogens is 568 g/mol. The Bertz CT molecular complexity index is 1790. The molecule has 44 heavy (non-hydrogen) atoms. The molecule has 4 aromatic carbocycles. The zero-order valence-corrected chi connectivity index (χ0v) is 23.6. The van der Waals surface area contributed by atoms with Crippen molar-refractivity contribution in [2.45, 2.75) is 37.9 Å². The molecule has 2 heterocycles. The predicted octanol–water partition coefficient (Wildman–Crippen LogP) is 5.37. The van der Waals surface area contributed by atoms with Crippen molar-refractivity contribution in [2.75, 3.05) is 6.61 Å². The molecule has 10 nitrogen and oxygen atoms in total. The molecule has 0 saturated carbocycles. The van der Waals surface area contributed by atoms with Crippen molar-refractivity contribution in [1.29, 1.82) is 0 Å². The Morgan fingerprint density at radius 3 is 2.18 bits per heavy atom. The molecule has 0 fully saturated rings. The van der Waals surface area contributed by atoms with Crippen molar-refractivity contribution in [3.05, 3.63) is 106 Å². The second kappa shape index (κ2) is 11.1. The molecule has 2 aliphatic rings. The number of rotatable bonds is 6. The lowest BCUT2D eigenvalue weighted by Crippen LogP contribution is -2.22. The van der Waals surface area contributed by atoms with Gasteiger partial charge < -0.3 is 45.2 Å². The van der Waals surface area contributed by atoms with E-state index in [9.17, 15) is 40.5 Å². The number of carbonyl (C=O) groups is 1. The van der Waals surface area contributed by atoms with E-state index in [0.29, 0.717) is 28.0 Å². The van der Waals surface area contributed by atoms with Crippen molar-refractivity contribution in [3.8, 4) is 46.0 Å². The number of benzene rings is 4. The van der Waals surface area contributed by atoms with E-state index < -0.39 is 29.7 Å². The number of allylic oxidation sites excluding steroid dienone is 1. The minimum Gasteiger partial charge on any atom is -0.508 e. The Morgan fingerprint density at radius 1 is 0.795 bits per heavy atom. The molecule has 226 valence electrons. The molecule has 3 atom stereocenters. The molecule has 0 radical (unpaired) electrons. The van der Waals surface area contributed by atoms with E-state index >= 15 is 0 Å². The normalized spacial score (nSPS) is 19.2. The van der Waals surface area contributed by atoms with Crippen LogP contribution in [0.5, 0.6) is 46.0 Å². The molecule has 0 amide bonds. The monoisotopic (exact) mass is 598 g/mol. The second-order valence-electron chi connectivity index (χ2n) is 11.1. The summed E-state index contributed by atoms with van der Waals surface area (Å²) in [4.78, 5) is 13.4. The highest BCUT2D eigenvalue weighted by Gasteiger charge is 2.40. The van der Waals surface area contributed by atoms with Crippen LogP contribution in [0.1, 0.15) is 69.6 Å². The first-order valence-electron chi connectivity index (χ1n) is 13.9. The zero-order valence-electron chi connectivity index (χ0n) is 23.6. The molecular formula is C34H30O10. The van der Waals surface area contributed by atoms with Crippen molar-refractivity contribution in [1.82, 2.24) is 0 Å². The first-order valence-corrected chi connectivity index (χ1v) is 13.9. The maximum Gasteiger partial charge on any atom is 0.174 e. The molecule has 4 aromatic rings. The standard InChI is InChI=1S/C34H30O10/c1-16(15-35)2-7-22-25(39)12-27(41)32-28(42)14-29(44-34(22)32)23-11-24-30(13-26(23)40)43-33(17-3-5-19(36)6-4-17)31(24)18-8-20(37)10-21(38)9-18/h2-6,8-13,29,31,33,35-41H,7,14-15H2,1H3/t29-,31+,33-/m0/s1. The van der Waals surface area contributed by atoms with Gasteiger partial charge in [0.15, 0.2) is 5.78 Å². The van der Waals surface area contributed by atoms with E-state index in [4.69, 9.17) is 9.47 Å². The molecule has 0 spiro atoms. The number of Topliss-reactive ketones (excluding diaryl/α,β-unsaturated/α-hetero) is 1. The summed E-state index contributed by atoms with van der Waals surface area (Å²) in [6.07, 6.45) is -0.107. The molecule has 0 bridgehead atoms. The highest BCUT2D eigenvalue weighted by atomic mass is 16.5. The van der Waals surface area contributed by atoms with Gasteiger partial charge in [0.25, 0.3) is 0 Å². The van der Waals surface area contributed by atoms with Gasteiger partial charge in [-0.15, -0.1) is 0 Å². The second-order valence-corrected chi connectivity index (χ2v) is 11.1. The van der Waals surface area contributed by atoms with Crippen LogP contribution >= 0.6 is 0 Å². The van der Waals surface area contributed by atoms with Crippen LogP contribution in [0.4, 0.5) is 0 Å². The smallest absolute Gasteiger partial charge is 0.174 e. The summed E-state index contributed by atoms with van der Waals surface area (Å²) < 4.78 is 12.5. The summed E-state index contributed by atoms with van der Waals surface area (Å²) in [5, 5.41) is 72.2. The van der Waals surface area contributed by atoms with Gasteiger partial charge in [-0.1, -0.05) is 23.8 Å². The number of phenolic OH excluding ortho intramolecular Hbond substituents is 6. The van der Waals surface area contributed by atoms with Crippen molar-refractivity contribution in [3.63, 3.8) is 0 Å². The summed E-state index contributed by atoms with van der Waals surface area (Å²) in [6.45, 7) is 1.51. The Kier molecular flexibility index (Phi) is 7.22. The number of hydrogen-bond acceptors (Lipinski definition) is 10. The van der Waals surface area contributed by atoms with Crippen LogP contribution < -0.4 is 9.47 Å². The third kappa shape index (κ3) is 5.09. The lowest BCUT2D eigenvalue weighted by atomic mass is 9.83. The van der Waals surface area contributed by atoms with Crippen LogP contribution in [-0.2, 0) is 6.42 Å². The van der Waals surface area contributed by atoms with E-state index in [0.717, 1.165) is 6.07 Å². The summed E-state index contributed by atoms with van der Waals surface area (Å²) >= 11 is 0. The fraction of sp³-hybridized carbons (Fsp3) is 0.206. The van der Waals surface area contributed by atoms with Crippen LogP contribution in [0.15, 0.2) is 72.3 Å². The molecule has 0 aliphatic carbocycles. The Morgan fingerprint density at radius 2 is 1.50 bits per heavy atom. The molecule has 7 N–H and O–H groups in total. The largest absolute Gasteiger partial charge is 0.508 e. The predicted molar refractivity (Wildman–Crippen MR) is 158 cm³/mol. The van der Waals surface area contributed by atoms with E-state index in [1.54, 1.807) is 31.2 Å². The number of carbonyl (C=O) groups excluding carboxylic acids is 1. The lowest BCUT2D eigenvalue weighted by molar-refractivity contribution is 0.0839. The molecule has 10 heteroatoms. The minimum absolute atomic E-state index is 0.0155. The number of ketones is 1. The molecule has 2 aliphatic heterocycles. The number of ether oxygens (including phenoxy) is 2. The number of phenols is 6. The van der Waals surface area contributed by atoms with Crippen molar-refractivity contribution in [2.24, 2.45) is 0 Å². The quantitative estimate of drug-likeness (QED) is 0.143. The van der Waals surface area contributed by atoms with Crippen LogP contribution in [-0.4, -0.2) is 48.1 Å². The van der Waals surface area contributed by atoms with Crippen LogP contribution in [0, 0.1) is 0 Å². The SMILES string of the molecule is CC(=CCc1c(O)cc(O)c2c1O[C@H](c1cc3c(cc1O)O[C@@H](c1ccc(O)cc1)[C@@H]3c1cc(O)cc(O)c1)CC2=O)CO. The van der Waals surface area contributed by atoms with Gasteiger partial charge in [0.2, 0.25) is 0 Å². The highest BCUT2D eigenvalue weighted by Crippen LogP contribution is 2.54. The van der Waals surface area contributed by atoms with Crippen LogP contribution in [0.2, 0.25) is 0 Å². The van der Waals surface area contributed by atoms with Gasteiger partial charge in [0.1, 0.15) is 63.8 Å². The fourth-order valence-electron chi connectivity index (χ4n) is 5.89. The summed E-state index contributed by atoms with van der Waals surface area (Å²) in [6, 6.07) is 14.8. The van der Waals surface area contributed by atoms with Gasteiger partial charge in [-0.3, -0.25) is 4.79 Å². The minimum atomic E-state index is -1.01. The van der Waals surface area contributed by atoms with Crippen molar-refractivity contribution < 1.29 is 50.0 Å². The summed E-state index contributed by atoms with van der Waals surface area (Å²) in [7, 11) is 0. The third-order valence-electron chi connectivity index (χ3n) is 8.06. The average molecular weight is 599 g/mol. The molecule has 0 aromatic heterocycles. The highest BCUT2D eigenvalue weighted by molar-refractivity contribution is 6.03. The maximum absolute atomic E-state index is 13.4. The van der Waals surface area contributed by atoms with Gasteiger partial charge in [-0.25, -0.2) is 0 Å². The zero-order chi connectivity index (χ0) is 31.3. The number of aliphatic hydroxyl groups excluding tert-OH is 1. The van der Waals surface area contributed by atoms with Crippen LogP contribution in [0.3, 0.4) is 0 Å². The third-order valence-corrected chi connectivity index (χ3v) is 8.06. The van der Waals surface area contributed by atoms with Gasteiger partial charge in [-0.05, 0) is 54.8 Å². The Hall–Kier alpha value is -5.35. The van der Waals surface area contributed by atoms with E-state index in [1.165, 1.54) is 36.4 Å². The number of aromatic hydroxyl groups is 6. The number of aliphatic hydroxyl groups is 1. The van der Waals surface area contributed by atoms with Crippen molar-refractivity contribution >= 4 is 5.78 Å². The van der Waals surface area contributed by atoms with Crippen LogP contribution in [0.25, 0.3) is 0 Å². The van der Waals surface area contributed by atoms with E-state index in [-0.39, 0.29) is 70.6 Å². The average Bonchev–Trinajstić information content (AvgIpc) is 3.33. The number of fused-ring (bicyclic) bond motifs is 2. The summed E-state index contributed by atoms with van der Waals surface area (Å²) in [5.74, 6) is -1.91. The van der Waals surface area contributed by atoms with Gasteiger partial charge in [-0.2, -0.15) is 0 Å². The lowest BCUT2D eigenvalue weighted by Gasteiger charge is -2.29. The Labute approximate surface area is 251 Å². The van der Waals surface area contributed by atoms with Gasteiger partial charge in [0.05, 0.1) is 18.9 Å². The molecule has 0 unspecified atom stereocenters. The fourth-order valence-corrected chi connectivity index (χ4v) is 5.89. The topological polar surface area (TPSA) is 177 Å². The molecule has 0 saturated heterocycles. The van der Waals surface area contributed by atoms with Gasteiger partial charge in [0, 0.05) is 34.9 Å². The first-order chi connectivity index (χ1) is 21.0. The molecule has 6 rings (SSSR count). The number of hydrogen-bond donors (Lipinski definition) is 7. The van der Waals surface area contributed by atoms with E-state index in [1.807, 2.05) is 0 Å². The Balaban J connectivity index is 1.45. The first kappa shape index (κ1) is 28.8. The van der Waals surface area contributed by atoms with Gasteiger partial charge >= 0.3 is 0 Å². The maximum atomic E-state index is 13.4. The summed E-state index contributed by atoms with van der Waals surface area (Å²) in [5.41, 5.74) is 2.85.